The number of carbonyl (C=O) groups excluding carboxylic acids is 1. The first kappa shape index (κ1) is 17.6. The first-order chi connectivity index (χ1) is 13.1. The van der Waals surface area contributed by atoms with Crippen LogP contribution in [0.15, 0.2) is 42.6 Å². The van der Waals surface area contributed by atoms with Gasteiger partial charge in [0.05, 0.1) is 5.41 Å². The van der Waals surface area contributed by atoms with Crippen LogP contribution < -0.4 is 14.4 Å². The lowest BCUT2D eigenvalue weighted by molar-refractivity contribution is -0.136. The number of hydrogen-bond donors (Lipinski definition) is 0. The van der Waals surface area contributed by atoms with Crippen molar-refractivity contribution in [1.82, 2.24) is 9.88 Å². The molecule has 0 radical (unpaired) electrons. The van der Waals surface area contributed by atoms with E-state index in [2.05, 4.69) is 9.88 Å². The number of hydrogen-bond acceptors (Lipinski definition) is 5. The van der Waals surface area contributed by atoms with Crippen molar-refractivity contribution in [3.05, 3.63) is 48.2 Å². The summed E-state index contributed by atoms with van der Waals surface area (Å²) in [5.41, 5.74) is 0.326. The second kappa shape index (κ2) is 7.10. The molecule has 0 bridgehead atoms. The Morgan fingerprint density at radius 3 is 2.44 bits per heavy atom. The Bertz CT molecular complexity index is 815. The lowest BCUT2D eigenvalue weighted by Crippen LogP contribution is -2.53. The van der Waals surface area contributed by atoms with Crippen molar-refractivity contribution >= 4 is 11.7 Å². The normalized spacial score (nSPS) is 17.0. The number of rotatable bonds is 3. The highest BCUT2D eigenvalue weighted by molar-refractivity contribution is 5.88. The molecule has 2 aromatic rings. The molecule has 2 aliphatic rings. The van der Waals surface area contributed by atoms with Gasteiger partial charge in [0.1, 0.15) is 19.0 Å². The predicted molar refractivity (Wildman–Crippen MR) is 103 cm³/mol. The second-order valence-electron chi connectivity index (χ2n) is 7.45. The van der Waals surface area contributed by atoms with Crippen LogP contribution in [0, 0.1) is 0 Å². The van der Waals surface area contributed by atoms with Gasteiger partial charge in [-0.1, -0.05) is 12.1 Å². The van der Waals surface area contributed by atoms with Crippen LogP contribution in [0.4, 0.5) is 5.82 Å². The van der Waals surface area contributed by atoms with E-state index in [1.807, 2.05) is 55.1 Å². The third-order valence-electron chi connectivity index (χ3n) is 5.34. The Morgan fingerprint density at radius 2 is 1.74 bits per heavy atom. The summed E-state index contributed by atoms with van der Waals surface area (Å²) in [5, 5.41) is 0. The fourth-order valence-corrected chi connectivity index (χ4v) is 3.63. The standard InChI is InChI=1S/C21H25N3O3/c1-21(2,16-6-7-17-18(15-16)27-14-13-26-17)20(25)24-11-9-23(10-12-24)19-5-3-4-8-22-19/h3-8,15H,9-14H2,1-2H3. The number of carbonyl (C=O) groups is 1. The summed E-state index contributed by atoms with van der Waals surface area (Å²) in [4.78, 5) is 21.8. The molecular weight excluding hydrogens is 342 g/mol. The van der Waals surface area contributed by atoms with Gasteiger partial charge in [-0.3, -0.25) is 4.79 Å². The Balaban J connectivity index is 1.46. The smallest absolute Gasteiger partial charge is 0.232 e. The Labute approximate surface area is 159 Å². The van der Waals surface area contributed by atoms with Crippen molar-refractivity contribution in [3.8, 4) is 11.5 Å². The minimum atomic E-state index is -0.622. The number of fused-ring (bicyclic) bond motifs is 1. The van der Waals surface area contributed by atoms with Gasteiger partial charge in [-0.15, -0.1) is 0 Å². The van der Waals surface area contributed by atoms with Crippen molar-refractivity contribution in [2.45, 2.75) is 19.3 Å². The van der Waals surface area contributed by atoms with E-state index in [9.17, 15) is 4.79 Å². The molecule has 0 atom stereocenters. The molecule has 142 valence electrons. The first-order valence-electron chi connectivity index (χ1n) is 9.41. The van der Waals surface area contributed by atoms with Crippen LogP contribution >= 0.6 is 0 Å². The van der Waals surface area contributed by atoms with Gasteiger partial charge in [0.15, 0.2) is 11.5 Å². The summed E-state index contributed by atoms with van der Waals surface area (Å²) in [6.45, 7) is 8.04. The number of nitrogens with zero attached hydrogens (tertiary/aromatic N) is 3. The van der Waals surface area contributed by atoms with E-state index in [1.54, 1.807) is 6.20 Å². The van der Waals surface area contributed by atoms with Crippen molar-refractivity contribution in [2.75, 3.05) is 44.3 Å². The predicted octanol–water partition coefficient (Wildman–Crippen LogP) is 2.48. The van der Waals surface area contributed by atoms with Crippen molar-refractivity contribution in [2.24, 2.45) is 0 Å². The van der Waals surface area contributed by atoms with Gasteiger partial charge in [0, 0.05) is 32.4 Å². The van der Waals surface area contributed by atoms with Gasteiger partial charge < -0.3 is 19.3 Å². The number of piperazine rings is 1. The minimum absolute atomic E-state index is 0.139. The molecule has 1 amide bonds. The van der Waals surface area contributed by atoms with Crippen LogP contribution in [0.5, 0.6) is 11.5 Å². The maximum atomic E-state index is 13.3. The van der Waals surface area contributed by atoms with E-state index < -0.39 is 5.41 Å². The highest BCUT2D eigenvalue weighted by Gasteiger charge is 2.36. The largest absolute Gasteiger partial charge is 0.486 e. The third-order valence-corrected chi connectivity index (χ3v) is 5.34. The molecule has 2 aliphatic heterocycles. The monoisotopic (exact) mass is 367 g/mol. The van der Waals surface area contributed by atoms with E-state index >= 15 is 0 Å². The maximum Gasteiger partial charge on any atom is 0.232 e. The van der Waals surface area contributed by atoms with Gasteiger partial charge in [-0.05, 0) is 43.7 Å². The van der Waals surface area contributed by atoms with Crippen molar-refractivity contribution in [1.29, 1.82) is 0 Å². The quantitative estimate of drug-likeness (QED) is 0.834. The van der Waals surface area contributed by atoms with Crippen LogP contribution in [0.2, 0.25) is 0 Å². The van der Waals surface area contributed by atoms with Crippen molar-refractivity contribution < 1.29 is 14.3 Å². The zero-order valence-corrected chi connectivity index (χ0v) is 15.9. The maximum absolute atomic E-state index is 13.3. The SMILES string of the molecule is CC(C)(C(=O)N1CCN(c2ccccn2)CC1)c1ccc2c(c1)OCCO2. The van der Waals surface area contributed by atoms with E-state index in [0.717, 1.165) is 36.0 Å². The molecular formula is C21H25N3O3. The first-order valence-corrected chi connectivity index (χ1v) is 9.41. The Morgan fingerprint density at radius 1 is 1.00 bits per heavy atom. The van der Waals surface area contributed by atoms with Gasteiger partial charge in [0.2, 0.25) is 5.91 Å². The molecule has 0 unspecified atom stereocenters. The topological polar surface area (TPSA) is 54.9 Å². The molecule has 0 spiro atoms. The number of ether oxygens (including phenoxy) is 2. The zero-order chi connectivity index (χ0) is 18.9. The van der Waals surface area contributed by atoms with Crippen LogP contribution in [-0.2, 0) is 10.2 Å². The zero-order valence-electron chi connectivity index (χ0n) is 15.9. The highest BCUT2D eigenvalue weighted by atomic mass is 16.6. The molecule has 6 heteroatoms. The van der Waals surface area contributed by atoms with E-state index in [-0.39, 0.29) is 5.91 Å². The van der Waals surface area contributed by atoms with Crippen molar-refractivity contribution in [3.63, 3.8) is 0 Å². The number of pyridine rings is 1. The number of benzene rings is 1. The molecule has 27 heavy (non-hydrogen) atoms. The number of amides is 1. The highest BCUT2D eigenvalue weighted by Crippen LogP contribution is 2.36. The molecule has 3 heterocycles. The van der Waals surface area contributed by atoms with Gasteiger partial charge in [-0.25, -0.2) is 4.98 Å². The lowest BCUT2D eigenvalue weighted by atomic mass is 9.82. The van der Waals surface area contributed by atoms with E-state index in [4.69, 9.17) is 9.47 Å². The van der Waals surface area contributed by atoms with Gasteiger partial charge in [-0.2, -0.15) is 0 Å². The fraction of sp³-hybridized carbons (Fsp3) is 0.429. The molecule has 1 aromatic carbocycles. The van der Waals surface area contributed by atoms with E-state index in [1.165, 1.54) is 0 Å². The average molecular weight is 367 g/mol. The second-order valence-corrected chi connectivity index (χ2v) is 7.45. The summed E-state index contributed by atoms with van der Waals surface area (Å²) in [5.74, 6) is 2.58. The summed E-state index contributed by atoms with van der Waals surface area (Å²) >= 11 is 0. The molecule has 1 saturated heterocycles. The molecule has 6 nitrogen and oxygen atoms in total. The van der Waals surface area contributed by atoms with Crippen LogP contribution in [0.3, 0.4) is 0 Å². The average Bonchev–Trinajstić information content (AvgIpc) is 2.73. The van der Waals surface area contributed by atoms with Gasteiger partial charge >= 0.3 is 0 Å². The molecule has 0 N–H and O–H groups in total. The molecule has 1 fully saturated rings. The molecule has 4 rings (SSSR count). The summed E-state index contributed by atoms with van der Waals surface area (Å²) in [6, 6.07) is 11.7. The summed E-state index contributed by atoms with van der Waals surface area (Å²) in [7, 11) is 0. The lowest BCUT2D eigenvalue weighted by Gasteiger charge is -2.39. The number of aromatic nitrogens is 1. The fourth-order valence-electron chi connectivity index (χ4n) is 3.63. The molecule has 0 saturated carbocycles. The Kier molecular flexibility index (Phi) is 4.64. The third kappa shape index (κ3) is 3.44. The van der Waals surface area contributed by atoms with Crippen LogP contribution in [0.1, 0.15) is 19.4 Å². The Hall–Kier alpha value is -2.76. The molecule has 1 aromatic heterocycles. The van der Waals surface area contributed by atoms with Crippen LogP contribution in [-0.4, -0.2) is 55.2 Å². The number of anilines is 1. The minimum Gasteiger partial charge on any atom is -0.486 e. The van der Waals surface area contributed by atoms with E-state index in [0.29, 0.717) is 26.3 Å². The van der Waals surface area contributed by atoms with Gasteiger partial charge in [0.25, 0.3) is 0 Å². The molecule has 0 aliphatic carbocycles. The van der Waals surface area contributed by atoms with Crippen LogP contribution in [0.25, 0.3) is 0 Å². The summed E-state index contributed by atoms with van der Waals surface area (Å²) in [6.07, 6.45) is 1.80. The summed E-state index contributed by atoms with van der Waals surface area (Å²) < 4.78 is 11.3.